The highest BCUT2D eigenvalue weighted by atomic mass is 16.2. The molecule has 6 heterocycles. The van der Waals surface area contributed by atoms with E-state index in [0.717, 1.165) is 98.2 Å². The quantitative estimate of drug-likeness (QED) is 0.0539. The second-order valence-corrected chi connectivity index (χ2v) is 23.9. The molecule has 6 N–H and O–H groups in total. The van der Waals surface area contributed by atoms with E-state index in [1.54, 1.807) is 52.2 Å². The van der Waals surface area contributed by atoms with Crippen LogP contribution in [0.1, 0.15) is 129 Å². The van der Waals surface area contributed by atoms with Crippen molar-refractivity contribution in [2.45, 2.75) is 145 Å². The second-order valence-electron chi connectivity index (χ2n) is 23.9. The van der Waals surface area contributed by atoms with Crippen molar-refractivity contribution in [3.05, 3.63) is 150 Å². The molecule has 9 unspecified atom stereocenters. The fourth-order valence-corrected chi connectivity index (χ4v) is 13.6. The van der Waals surface area contributed by atoms with Gasteiger partial charge < -0.3 is 46.6 Å². The number of imidazole rings is 1. The molecule has 5 aromatic rings. The number of fused-ring (bicyclic) bond motifs is 2. The number of likely N-dealkylation sites (N-methyl/N-ethyl adjacent to an activating group) is 2. The average molecular weight is 1140 g/mol. The monoisotopic (exact) mass is 1140 g/mol. The number of nitrogens with zero attached hydrogens (tertiary/aromatic N) is 6. The first-order chi connectivity index (χ1) is 40.8. The number of nitrogens with one attached hydrogen (secondary N) is 6. The third-order valence-electron chi connectivity index (χ3n) is 18.5. The lowest BCUT2D eigenvalue weighted by molar-refractivity contribution is -0.140. The molecule has 4 fully saturated rings. The molecule has 6 amide bonds. The molecule has 2 aromatic heterocycles. The fraction of sp³-hybridized carbons (Fsp3) is 0.455. The van der Waals surface area contributed by atoms with Crippen LogP contribution in [-0.4, -0.2) is 147 Å². The number of amidine groups is 1. The Hall–Kier alpha value is -7.96. The third-order valence-corrected chi connectivity index (χ3v) is 18.5. The number of amides is 6. The highest BCUT2D eigenvalue weighted by molar-refractivity contribution is 6.03. The molecule has 18 heteroatoms. The Bertz CT molecular complexity index is 3300. The van der Waals surface area contributed by atoms with E-state index in [1.165, 1.54) is 0 Å². The van der Waals surface area contributed by atoms with Gasteiger partial charge in [0.25, 0.3) is 11.8 Å². The average Bonchev–Trinajstić information content (AvgIpc) is 2.65. The number of rotatable bonds is 18. The van der Waals surface area contributed by atoms with Crippen molar-refractivity contribution in [2.75, 3.05) is 33.7 Å². The van der Waals surface area contributed by atoms with Gasteiger partial charge in [-0.1, -0.05) is 111 Å². The second kappa shape index (κ2) is 25.9. The minimum Gasteiger partial charge on any atom is -0.347 e. The molecule has 0 bridgehead atoms. The van der Waals surface area contributed by atoms with Crippen molar-refractivity contribution in [3.63, 3.8) is 0 Å². The zero-order valence-corrected chi connectivity index (χ0v) is 48.7. The Morgan fingerprint density at radius 3 is 1.69 bits per heavy atom. The molecule has 0 spiro atoms. The van der Waals surface area contributed by atoms with E-state index < -0.39 is 42.3 Å². The van der Waals surface area contributed by atoms with Crippen LogP contribution in [-0.2, 0) is 19.2 Å². The Morgan fingerprint density at radius 1 is 0.583 bits per heavy atom. The van der Waals surface area contributed by atoms with Crippen molar-refractivity contribution >= 4 is 52.6 Å². The lowest BCUT2D eigenvalue weighted by Crippen LogP contribution is -2.58. The summed E-state index contributed by atoms with van der Waals surface area (Å²) in [7, 11) is 3.46. The predicted octanol–water partition coefficient (Wildman–Crippen LogP) is 6.81. The normalized spacial score (nSPS) is 23.2. The number of carbonyl (C=O) groups is 6. The number of hydrogen-bond donors (Lipinski definition) is 6. The highest BCUT2D eigenvalue weighted by Gasteiger charge is 2.48. The standard InChI is InChI=1S/C66H80N12O6/c1-41(67-3)61(79)73-59(45-23-13-7-14-24-45)65(83)77-37-49(35-55(77)51-39-75-53(27-17-29-57(75)71-51)43-19-9-5-10-20-43)69-63(81)47-31-33-48(34-32-47)64(82)70-50-36-56(52-40-76-54(28-18-30-58(76)72-52)44-21-11-6-12-22-44)78(38-50)66(84)60(46-25-15-8-16-26-46)74-62(80)42(2)68-4/h5-6,9-12,17-22,27-34,39,41-42,45-46,49-50,52,55-56,59-60,67-68H,7-8,13-16,23-26,35-38,40H2,1-4H3,(H,69,81)(H,70,82)(H,73,79)(H,74,80). The van der Waals surface area contributed by atoms with Gasteiger partial charge in [0.15, 0.2) is 0 Å². The Morgan fingerprint density at radius 2 is 1.12 bits per heavy atom. The number of likely N-dealkylation sites (tertiary alicyclic amines) is 2. The van der Waals surface area contributed by atoms with Gasteiger partial charge in [0.2, 0.25) is 23.6 Å². The van der Waals surface area contributed by atoms with Crippen LogP contribution >= 0.6 is 0 Å². The predicted molar refractivity (Wildman–Crippen MR) is 324 cm³/mol. The summed E-state index contributed by atoms with van der Waals surface area (Å²) in [6, 6.07) is 28.2. The smallest absolute Gasteiger partial charge is 0.251 e. The number of aromatic nitrogens is 2. The molecule has 84 heavy (non-hydrogen) atoms. The number of hydrogen-bond acceptors (Lipinski definition) is 11. The number of carbonyl (C=O) groups excluding carboxylic acids is 6. The first kappa shape index (κ1) is 57.8. The van der Waals surface area contributed by atoms with E-state index in [-0.39, 0.29) is 72.5 Å². The molecule has 9 atom stereocenters. The van der Waals surface area contributed by atoms with E-state index in [0.29, 0.717) is 36.2 Å². The van der Waals surface area contributed by atoms with Gasteiger partial charge in [-0.15, -0.1) is 0 Å². The molecular formula is C66H80N12O6. The summed E-state index contributed by atoms with van der Waals surface area (Å²) >= 11 is 0. The molecule has 4 aliphatic heterocycles. The Kier molecular flexibility index (Phi) is 17.8. The minimum atomic E-state index is -0.750. The first-order valence-electron chi connectivity index (χ1n) is 30.5. The van der Waals surface area contributed by atoms with Crippen molar-refractivity contribution in [1.29, 1.82) is 0 Å². The van der Waals surface area contributed by atoms with Gasteiger partial charge in [-0.05, 0) is 138 Å². The summed E-state index contributed by atoms with van der Waals surface area (Å²) in [4.78, 5) is 102. The SMILES string of the molecule is CNC(C)C(=O)NC(C(=O)N1CC(NC(=O)c2ccc(C(=O)NC3CC(C4CN5C(c6ccccc6)=CC=CC5=N4)N(C(=O)C(NC(=O)C(C)NC)C4CCCCC4)C3)cc2)CC1c1cn2c(-c3ccccc3)cccc2n1)C1CCCCC1. The van der Waals surface area contributed by atoms with E-state index >= 15 is 9.59 Å². The maximum atomic E-state index is 15.2. The number of pyridine rings is 1. The zero-order valence-electron chi connectivity index (χ0n) is 48.7. The lowest BCUT2D eigenvalue weighted by atomic mass is 9.83. The zero-order chi connectivity index (χ0) is 58.4. The van der Waals surface area contributed by atoms with Crippen LogP contribution in [0.2, 0.25) is 0 Å². The van der Waals surface area contributed by atoms with Gasteiger partial charge >= 0.3 is 0 Å². The maximum Gasteiger partial charge on any atom is 0.251 e. The van der Waals surface area contributed by atoms with Gasteiger partial charge in [0.05, 0.1) is 41.6 Å². The topological polar surface area (TPSA) is 214 Å². The van der Waals surface area contributed by atoms with Crippen LogP contribution in [0.5, 0.6) is 0 Å². The Labute approximate surface area is 492 Å². The minimum absolute atomic E-state index is 0.0199. The summed E-state index contributed by atoms with van der Waals surface area (Å²) in [6.45, 7) is 4.55. The number of allylic oxidation sites excluding steroid dienone is 2. The third kappa shape index (κ3) is 12.5. The summed E-state index contributed by atoms with van der Waals surface area (Å²) in [5.74, 6) is -0.749. The molecular weight excluding hydrogens is 1060 g/mol. The van der Waals surface area contributed by atoms with Crippen LogP contribution in [0.25, 0.3) is 22.6 Å². The lowest BCUT2D eigenvalue weighted by Gasteiger charge is -2.36. The fourth-order valence-electron chi connectivity index (χ4n) is 13.6. The molecule has 0 radical (unpaired) electrons. The van der Waals surface area contributed by atoms with E-state index in [1.807, 2.05) is 99.3 Å². The molecule has 18 nitrogen and oxygen atoms in total. The van der Waals surface area contributed by atoms with Crippen molar-refractivity contribution in [3.8, 4) is 11.3 Å². The van der Waals surface area contributed by atoms with Crippen LogP contribution in [0, 0.1) is 11.8 Å². The first-order valence-corrected chi connectivity index (χ1v) is 30.5. The number of aliphatic imine (C=N–C) groups is 1. The summed E-state index contributed by atoms with van der Waals surface area (Å²) < 4.78 is 2.04. The van der Waals surface area contributed by atoms with Crippen molar-refractivity contribution in [1.82, 2.24) is 56.0 Å². The molecule has 6 aliphatic rings. The molecule has 3 aromatic carbocycles. The van der Waals surface area contributed by atoms with Gasteiger partial charge in [0, 0.05) is 54.7 Å². The van der Waals surface area contributed by atoms with Crippen LogP contribution < -0.4 is 31.9 Å². The molecule has 11 rings (SSSR count). The van der Waals surface area contributed by atoms with Crippen molar-refractivity contribution < 1.29 is 28.8 Å². The molecule has 2 aliphatic carbocycles. The number of benzene rings is 3. The van der Waals surface area contributed by atoms with E-state index in [9.17, 15) is 19.2 Å². The van der Waals surface area contributed by atoms with Crippen molar-refractivity contribution in [2.24, 2.45) is 16.8 Å². The van der Waals surface area contributed by atoms with E-state index in [4.69, 9.17) is 9.98 Å². The van der Waals surface area contributed by atoms with Gasteiger partial charge in [-0.2, -0.15) is 0 Å². The summed E-state index contributed by atoms with van der Waals surface area (Å²) in [5, 5.41) is 18.8. The van der Waals surface area contributed by atoms with Crippen LogP contribution in [0.15, 0.2) is 133 Å². The Balaban J connectivity index is 0.812. The van der Waals surface area contributed by atoms with Crippen LogP contribution in [0.3, 0.4) is 0 Å². The largest absolute Gasteiger partial charge is 0.347 e. The maximum absolute atomic E-state index is 15.2. The van der Waals surface area contributed by atoms with Gasteiger partial charge in [0.1, 0.15) is 23.6 Å². The van der Waals surface area contributed by atoms with Gasteiger partial charge in [-0.25, -0.2) is 4.98 Å². The van der Waals surface area contributed by atoms with E-state index in [2.05, 4.69) is 55.0 Å². The molecule has 2 saturated carbocycles. The highest BCUT2D eigenvalue weighted by Crippen LogP contribution is 2.38. The van der Waals surface area contributed by atoms with Crippen LogP contribution in [0.4, 0.5) is 0 Å². The summed E-state index contributed by atoms with van der Waals surface area (Å²) in [6.07, 6.45) is 18.3. The summed E-state index contributed by atoms with van der Waals surface area (Å²) in [5.41, 5.74) is 6.16. The van der Waals surface area contributed by atoms with Gasteiger partial charge in [-0.3, -0.25) is 38.2 Å². The molecule has 2 saturated heterocycles. The molecule has 440 valence electrons.